The van der Waals surface area contributed by atoms with Crippen LogP contribution in [0.1, 0.15) is 38.0 Å². The number of rotatable bonds is 5. The first kappa shape index (κ1) is 20.7. The number of aromatic nitrogens is 4. The standard InChI is InChI=1S/C17H27N7O.HI/c1-4-19-17(20-7-5-16-21-14(3)22-25-16)23-9-6-13(2)15(11-23)24-10-8-18-12-24;/h8,10,12-13,15H,4-7,9,11H2,1-3H3,(H,19,20);1H. The van der Waals surface area contributed by atoms with Gasteiger partial charge in [0.15, 0.2) is 11.8 Å². The van der Waals surface area contributed by atoms with E-state index in [9.17, 15) is 0 Å². The van der Waals surface area contributed by atoms with E-state index in [1.165, 1.54) is 0 Å². The summed E-state index contributed by atoms with van der Waals surface area (Å²) in [7, 11) is 0. The molecular formula is C17H28IN7O. The predicted octanol–water partition coefficient (Wildman–Crippen LogP) is 2.28. The summed E-state index contributed by atoms with van der Waals surface area (Å²) in [6, 6.07) is 0.415. The number of imidazole rings is 1. The van der Waals surface area contributed by atoms with Crippen LogP contribution in [-0.4, -0.2) is 56.7 Å². The quantitative estimate of drug-likeness (QED) is 0.408. The number of aliphatic imine (C=N–C) groups is 1. The van der Waals surface area contributed by atoms with Gasteiger partial charge in [0, 0.05) is 38.4 Å². The van der Waals surface area contributed by atoms with Crippen molar-refractivity contribution in [2.75, 3.05) is 26.2 Å². The third-order valence-electron chi connectivity index (χ3n) is 4.62. The van der Waals surface area contributed by atoms with Crippen molar-refractivity contribution in [3.05, 3.63) is 30.4 Å². The Bertz CT molecular complexity index is 685. The maximum atomic E-state index is 5.16. The maximum Gasteiger partial charge on any atom is 0.228 e. The normalized spacial score (nSPS) is 20.7. The van der Waals surface area contributed by atoms with Gasteiger partial charge in [0.2, 0.25) is 5.89 Å². The molecule has 9 heteroatoms. The van der Waals surface area contributed by atoms with Gasteiger partial charge in [-0.1, -0.05) is 12.1 Å². The maximum absolute atomic E-state index is 5.16. The molecule has 144 valence electrons. The lowest BCUT2D eigenvalue weighted by Gasteiger charge is -2.39. The molecule has 3 rings (SSSR count). The Labute approximate surface area is 171 Å². The average Bonchev–Trinajstić information content (AvgIpc) is 3.26. The van der Waals surface area contributed by atoms with Crippen LogP contribution in [0.4, 0.5) is 0 Å². The van der Waals surface area contributed by atoms with Crippen LogP contribution in [0.2, 0.25) is 0 Å². The number of guanidine groups is 1. The van der Waals surface area contributed by atoms with Gasteiger partial charge in [-0.25, -0.2) is 4.98 Å². The van der Waals surface area contributed by atoms with Crippen molar-refractivity contribution >= 4 is 29.9 Å². The Hall–Kier alpha value is -1.65. The molecule has 1 saturated heterocycles. The van der Waals surface area contributed by atoms with Gasteiger partial charge in [0.25, 0.3) is 0 Å². The van der Waals surface area contributed by atoms with E-state index in [1.54, 1.807) is 0 Å². The predicted molar refractivity (Wildman–Crippen MR) is 111 cm³/mol. The Morgan fingerprint density at radius 2 is 2.31 bits per heavy atom. The van der Waals surface area contributed by atoms with E-state index < -0.39 is 0 Å². The molecule has 26 heavy (non-hydrogen) atoms. The summed E-state index contributed by atoms with van der Waals surface area (Å²) in [5.41, 5.74) is 0. The zero-order valence-electron chi connectivity index (χ0n) is 15.6. The molecule has 0 bridgehead atoms. The van der Waals surface area contributed by atoms with Crippen molar-refractivity contribution in [1.82, 2.24) is 29.9 Å². The molecule has 2 aromatic rings. The topological polar surface area (TPSA) is 84.4 Å². The smallest absolute Gasteiger partial charge is 0.228 e. The minimum Gasteiger partial charge on any atom is -0.357 e. The molecule has 1 fully saturated rings. The van der Waals surface area contributed by atoms with Crippen LogP contribution in [0.15, 0.2) is 28.2 Å². The fourth-order valence-electron chi connectivity index (χ4n) is 3.22. The second-order valence-corrected chi connectivity index (χ2v) is 6.51. The average molecular weight is 473 g/mol. The SMILES string of the molecule is CCNC(=NCCc1nc(C)no1)N1CCC(C)C(n2ccnc2)C1.I. The number of nitrogens with one attached hydrogen (secondary N) is 1. The molecule has 0 aliphatic carbocycles. The van der Waals surface area contributed by atoms with Gasteiger partial charge in [-0.3, -0.25) is 4.99 Å². The number of halogens is 1. The number of piperidine rings is 1. The third-order valence-corrected chi connectivity index (χ3v) is 4.62. The molecule has 1 N–H and O–H groups in total. The Morgan fingerprint density at radius 1 is 1.46 bits per heavy atom. The van der Waals surface area contributed by atoms with E-state index in [1.807, 2.05) is 25.6 Å². The van der Waals surface area contributed by atoms with Gasteiger partial charge in [0.05, 0.1) is 18.9 Å². The van der Waals surface area contributed by atoms with Crippen LogP contribution in [0.25, 0.3) is 0 Å². The van der Waals surface area contributed by atoms with Gasteiger partial charge in [-0.15, -0.1) is 24.0 Å². The first-order valence-corrected chi connectivity index (χ1v) is 8.97. The summed E-state index contributed by atoms with van der Waals surface area (Å²) >= 11 is 0. The van der Waals surface area contributed by atoms with Crippen molar-refractivity contribution in [2.45, 2.75) is 39.7 Å². The molecule has 0 saturated carbocycles. The summed E-state index contributed by atoms with van der Waals surface area (Å²) < 4.78 is 7.37. The van der Waals surface area contributed by atoms with Crippen LogP contribution < -0.4 is 5.32 Å². The van der Waals surface area contributed by atoms with Crippen molar-refractivity contribution in [1.29, 1.82) is 0 Å². The summed E-state index contributed by atoms with van der Waals surface area (Å²) in [4.78, 5) is 15.5. The van der Waals surface area contributed by atoms with E-state index in [0.717, 1.165) is 32.0 Å². The molecule has 0 radical (unpaired) electrons. The third kappa shape index (κ3) is 5.18. The lowest BCUT2D eigenvalue weighted by atomic mass is 9.93. The molecule has 2 unspecified atom stereocenters. The second kappa shape index (κ2) is 9.89. The fourth-order valence-corrected chi connectivity index (χ4v) is 3.22. The Balaban J connectivity index is 0.00000243. The highest BCUT2D eigenvalue weighted by Crippen LogP contribution is 2.27. The van der Waals surface area contributed by atoms with Gasteiger partial charge in [0.1, 0.15) is 0 Å². The summed E-state index contributed by atoms with van der Waals surface area (Å²) in [6.07, 6.45) is 7.59. The van der Waals surface area contributed by atoms with E-state index in [0.29, 0.717) is 36.6 Å². The second-order valence-electron chi connectivity index (χ2n) is 6.51. The molecule has 0 aromatic carbocycles. The van der Waals surface area contributed by atoms with Crippen LogP contribution >= 0.6 is 24.0 Å². The summed E-state index contributed by atoms with van der Waals surface area (Å²) in [6.45, 7) is 9.65. The van der Waals surface area contributed by atoms with Crippen LogP contribution in [0, 0.1) is 12.8 Å². The number of nitrogens with zero attached hydrogens (tertiary/aromatic N) is 6. The molecule has 1 aliphatic rings. The minimum atomic E-state index is 0. The van der Waals surface area contributed by atoms with Gasteiger partial charge in [-0.05, 0) is 26.2 Å². The lowest BCUT2D eigenvalue weighted by Crippen LogP contribution is -2.49. The highest BCUT2D eigenvalue weighted by atomic mass is 127. The van der Waals surface area contributed by atoms with Crippen LogP contribution in [0.5, 0.6) is 0 Å². The van der Waals surface area contributed by atoms with Gasteiger partial charge >= 0.3 is 0 Å². The molecule has 2 aromatic heterocycles. The molecule has 2 atom stereocenters. The number of aryl methyl sites for hydroxylation is 1. The molecule has 0 spiro atoms. The first-order chi connectivity index (χ1) is 12.2. The summed E-state index contributed by atoms with van der Waals surface area (Å²) in [5.74, 6) is 2.88. The van der Waals surface area contributed by atoms with Crippen LogP contribution in [-0.2, 0) is 6.42 Å². The van der Waals surface area contributed by atoms with Crippen molar-refractivity contribution < 1.29 is 4.52 Å². The van der Waals surface area contributed by atoms with Crippen LogP contribution in [0.3, 0.4) is 0 Å². The molecule has 8 nitrogen and oxygen atoms in total. The first-order valence-electron chi connectivity index (χ1n) is 8.97. The minimum absolute atomic E-state index is 0. The Morgan fingerprint density at radius 3 is 2.96 bits per heavy atom. The number of hydrogen-bond acceptors (Lipinski definition) is 5. The van der Waals surface area contributed by atoms with E-state index >= 15 is 0 Å². The fraction of sp³-hybridized carbons (Fsp3) is 0.647. The molecule has 1 aliphatic heterocycles. The summed E-state index contributed by atoms with van der Waals surface area (Å²) in [5, 5.41) is 7.23. The highest BCUT2D eigenvalue weighted by molar-refractivity contribution is 14.0. The van der Waals surface area contributed by atoms with Gasteiger partial charge < -0.3 is 19.3 Å². The molecule has 0 amide bonds. The van der Waals surface area contributed by atoms with E-state index in [-0.39, 0.29) is 24.0 Å². The van der Waals surface area contributed by atoms with Crippen molar-refractivity contribution in [3.8, 4) is 0 Å². The van der Waals surface area contributed by atoms with E-state index in [2.05, 4.69) is 43.8 Å². The van der Waals surface area contributed by atoms with Gasteiger partial charge in [-0.2, -0.15) is 4.98 Å². The lowest BCUT2D eigenvalue weighted by molar-refractivity contribution is 0.189. The largest absolute Gasteiger partial charge is 0.357 e. The van der Waals surface area contributed by atoms with E-state index in [4.69, 9.17) is 9.52 Å². The van der Waals surface area contributed by atoms with Crippen molar-refractivity contribution in [3.63, 3.8) is 0 Å². The van der Waals surface area contributed by atoms with Crippen molar-refractivity contribution in [2.24, 2.45) is 10.9 Å². The molecule has 3 heterocycles. The number of likely N-dealkylation sites (tertiary alicyclic amines) is 1. The zero-order chi connectivity index (χ0) is 17.6. The number of hydrogen-bond donors (Lipinski definition) is 1. The Kier molecular flexibility index (Phi) is 7.85. The monoisotopic (exact) mass is 473 g/mol. The highest BCUT2D eigenvalue weighted by Gasteiger charge is 2.28. The zero-order valence-corrected chi connectivity index (χ0v) is 18.0. The molecular weight excluding hydrogens is 445 g/mol.